The molecule has 0 bridgehead atoms. The summed E-state index contributed by atoms with van der Waals surface area (Å²) in [5, 5.41) is 0. The summed E-state index contributed by atoms with van der Waals surface area (Å²) in [7, 11) is 1.30. The van der Waals surface area contributed by atoms with Gasteiger partial charge < -0.3 is 9.64 Å². The van der Waals surface area contributed by atoms with E-state index in [9.17, 15) is 9.59 Å². The van der Waals surface area contributed by atoms with Crippen molar-refractivity contribution in [2.24, 2.45) is 5.92 Å². The maximum atomic E-state index is 11.8. The lowest BCUT2D eigenvalue weighted by Crippen LogP contribution is -2.44. The fourth-order valence-corrected chi connectivity index (χ4v) is 1.20. The highest BCUT2D eigenvalue weighted by atomic mass is 35.5. The molecule has 0 heterocycles. The second-order valence-corrected chi connectivity index (χ2v) is 4.00. The molecule has 0 radical (unpaired) electrons. The van der Waals surface area contributed by atoms with Crippen LogP contribution in [0.2, 0.25) is 0 Å². The van der Waals surface area contributed by atoms with Gasteiger partial charge >= 0.3 is 5.97 Å². The zero-order valence-electron chi connectivity index (χ0n) is 9.62. The largest absolute Gasteiger partial charge is 0.468 e. The van der Waals surface area contributed by atoms with Crippen molar-refractivity contribution >= 4 is 23.5 Å². The van der Waals surface area contributed by atoms with E-state index in [-0.39, 0.29) is 30.3 Å². The first-order chi connectivity index (χ1) is 6.93. The van der Waals surface area contributed by atoms with Crippen LogP contribution in [0, 0.1) is 5.92 Å². The molecule has 1 atom stereocenters. The number of carbonyl (C=O) groups excluding carboxylic acids is 2. The van der Waals surface area contributed by atoms with E-state index in [1.807, 2.05) is 13.8 Å². The van der Waals surface area contributed by atoms with Crippen LogP contribution >= 0.6 is 11.6 Å². The van der Waals surface area contributed by atoms with Crippen molar-refractivity contribution in [2.45, 2.75) is 26.8 Å². The lowest BCUT2D eigenvalue weighted by Gasteiger charge is -2.27. The maximum absolute atomic E-state index is 11.8. The van der Waals surface area contributed by atoms with Gasteiger partial charge in [-0.25, -0.2) is 0 Å². The average Bonchev–Trinajstić information content (AvgIpc) is 2.22. The first-order valence-corrected chi connectivity index (χ1v) is 5.40. The number of hydrogen-bond acceptors (Lipinski definition) is 3. The van der Waals surface area contributed by atoms with Gasteiger partial charge in [0.1, 0.15) is 6.54 Å². The Morgan fingerprint density at radius 3 is 2.20 bits per heavy atom. The van der Waals surface area contributed by atoms with Gasteiger partial charge in [-0.05, 0) is 13.8 Å². The second kappa shape index (κ2) is 6.67. The Balaban J connectivity index is 4.52. The van der Waals surface area contributed by atoms with Gasteiger partial charge in [0, 0.05) is 17.8 Å². The van der Waals surface area contributed by atoms with Crippen molar-refractivity contribution in [3.05, 3.63) is 0 Å². The molecule has 1 amide bonds. The van der Waals surface area contributed by atoms with E-state index in [2.05, 4.69) is 4.74 Å². The number of rotatable bonds is 5. The number of carbonyl (C=O) groups is 2. The van der Waals surface area contributed by atoms with Gasteiger partial charge in [-0.15, -0.1) is 11.6 Å². The molecular formula is C10H18ClNO3. The predicted octanol–water partition coefficient (Wildman–Crippen LogP) is 1.27. The molecule has 0 aliphatic heterocycles. The van der Waals surface area contributed by atoms with Gasteiger partial charge in [0.25, 0.3) is 0 Å². The van der Waals surface area contributed by atoms with Crippen molar-refractivity contribution < 1.29 is 14.3 Å². The van der Waals surface area contributed by atoms with Gasteiger partial charge in [-0.2, -0.15) is 0 Å². The molecule has 0 fully saturated rings. The van der Waals surface area contributed by atoms with Crippen molar-refractivity contribution in [1.82, 2.24) is 4.90 Å². The zero-order valence-corrected chi connectivity index (χ0v) is 10.4. The minimum atomic E-state index is -0.418. The van der Waals surface area contributed by atoms with Crippen LogP contribution in [-0.2, 0) is 14.3 Å². The number of halogens is 1. The van der Waals surface area contributed by atoms with Crippen LogP contribution in [0.1, 0.15) is 20.8 Å². The van der Waals surface area contributed by atoms with Crippen molar-refractivity contribution in [1.29, 1.82) is 0 Å². The average molecular weight is 236 g/mol. The standard InChI is InChI=1S/C10H18ClNO3/c1-7(2)12(6-9(13)15-4)10(14)8(3)5-11/h7-8H,5-6H2,1-4H3. The molecule has 0 saturated heterocycles. The molecule has 0 saturated carbocycles. The van der Waals surface area contributed by atoms with E-state index < -0.39 is 5.97 Å². The summed E-state index contributed by atoms with van der Waals surface area (Å²) in [6, 6.07) is -0.0396. The summed E-state index contributed by atoms with van der Waals surface area (Å²) in [5.41, 5.74) is 0. The summed E-state index contributed by atoms with van der Waals surface area (Å²) >= 11 is 5.60. The Kier molecular flexibility index (Phi) is 6.32. The number of nitrogens with zero attached hydrogens (tertiary/aromatic N) is 1. The normalized spacial score (nSPS) is 12.4. The molecule has 0 spiro atoms. The predicted molar refractivity (Wildman–Crippen MR) is 58.7 cm³/mol. The van der Waals surface area contributed by atoms with E-state index in [0.717, 1.165) is 0 Å². The molecule has 5 heteroatoms. The lowest BCUT2D eigenvalue weighted by molar-refractivity contribution is -0.149. The molecule has 0 aromatic rings. The van der Waals surface area contributed by atoms with E-state index in [0.29, 0.717) is 0 Å². The third-order valence-corrected chi connectivity index (χ3v) is 2.55. The van der Waals surface area contributed by atoms with Gasteiger partial charge in [0.2, 0.25) is 5.91 Å². The van der Waals surface area contributed by atoms with Crippen LogP contribution in [0.25, 0.3) is 0 Å². The van der Waals surface area contributed by atoms with Crippen LogP contribution < -0.4 is 0 Å². The molecular weight excluding hydrogens is 218 g/mol. The van der Waals surface area contributed by atoms with Crippen molar-refractivity contribution in [2.75, 3.05) is 19.5 Å². The minimum absolute atomic E-state index is 0.0196. The number of ether oxygens (including phenoxy) is 1. The van der Waals surface area contributed by atoms with Gasteiger partial charge in [-0.1, -0.05) is 6.92 Å². The highest BCUT2D eigenvalue weighted by molar-refractivity contribution is 6.19. The minimum Gasteiger partial charge on any atom is -0.468 e. The van der Waals surface area contributed by atoms with E-state index in [1.165, 1.54) is 12.0 Å². The van der Waals surface area contributed by atoms with Crippen LogP contribution in [0.15, 0.2) is 0 Å². The van der Waals surface area contributed by atoms with Gasteiger partial charge in [0.15, 0.2) is 0 Å². The maximum Gasteiger partial charge on any atom is 0.325 e. The fourth-order valence-electron chi connectivity index (χ4n) is 1.07. The Morgan fingerprint density at radius 2 is 1.87 bits per heavy atom. The van der Waals surface area contributed by atoms with Crippen molar-refractivity contribution in [3.63, 3.8) is 0 Å². The van der Waals surface area contributed by atoms with Crippen LogP contribution in [0.5, 0.6) is 0 Å². The molecule has 0 rings (SSSR count). The SMILES string of the molecule is COC(=O)CN(C(=O)C(C)CCl)C(C)C. The quantitative estimate of drug-likeness (QED) is 0.533. The fraction of sp³-hybridized carbons (Fsp3) is 0.800. The molecule has 0 aliphatic carbocycles. The monoisotopic (exact) mass is 235 g/mol. The molecule has 0 aliphatic rings. The molecule has 0 aromatic heterocycles. The number of methoxy groups -OCH3 is 1. The molecule has 4 nitrogen and oxygen atoms in total. The molecule has 0 N–H and O–H groups in total. The van der Waals surface area contributed by atoms with Crippen LogP contribution in [0.3, 0.4) is 0 Å². The summed E-state index contributed by atoms with van der Waals surface area (Å²) in [4.78, 5) is 24.4. The first kappa shape index (κ1) is 14.2. The Bertz CT molecular complexity index is 231. The highest BCUT2D eigenvalue weighted by Crippen LogP contribution is 2.08. The van der Waals surface area contributed by atoms with Crippen LogP contribution in [-0.4, -0.2) is 42.4 Å². The molecule has 0 aromatic carbocycles. The Labute approximate surface area is 95.5 Å². The summed E-state index contributed by atoms with van der Waals surface area (Å²) in [6.45, 7) is 5.42. The van der Waals surface area contributed by atoms with E-state index in [4.69, 9.17) is 11.6 Å². The first-order valence-electron chi connectivity index (χ1n) is 4.87. The van der Waals surface area contributed by atoms with Crippen LogP contribution in [0.4, 0.5) is 0 Å². The van der Waals surface area contributed by atoms with Gasteiger partial charge in [-0.3, -0.25) is 9.59 Å². The summed E-state index contributed by atoms with van der Waals surface area (Å²) < 4.78 is 4.53. The van der Waals surface area contributed by atoms with E-state index >= 15 is 0 Å². The number of amides is 1. The van der Waals surface area contributed by atoms with E-state index in [1.54, 1.807) is 6.92 Å². The number of alkyl halides is 1. The second-order valence-electron chi connectivity index (χ2n) is 3.69. The Morgan fingerprint density at radius 1 is 1.33 bits per heavy atom. The Hall–Kier alpha value is -0.770. The molecule has 1 unspecified atom stereocenters. The topological polar surface area (TPSA) is 46.6 Å². The molecule has 88 valence electrons. The summed E-state index contributed by atoms with van der Waals surface area (Å²) in [5.74, 6) is -0.564. The molecule has 15 heavy (non-hydrogen) atoms. The number of esters is 1. The smallest absolute Gasteiger partial charge is 0.325 e. The van der Waals surface area contributed by atoms with Gasteiger partial charge in [0.05, 0.1) is 7.11 Å². The third-order valence-electron chi connectivity index (χ3n) is 2.09. The third kappa shape index (κ3) is 4.51. The highest BCUT2D eigenvalue weighted by Gasteiger charge is 2.24. The zero-order chi connectivity index (χ0) is 12.0. The van der Waals surface area contributed by atoms with Crippen molar-refractivity contribution in [3.8, 4) is 0 Å². The number of hydrogen-bond donors (Lipinski definition) is 0. The summed E-state index contributed by atoms with van der Waals surface area (Å²) in [6.07, 6.45) is 0. The lowest BCUT2D eigenvalue weighted by atomic mass is 10.1.